The van der Waals surface area contributed by atoms with Gasteiger partial charge < -0.3 is 20.3 Å². The number of benzene rings is 1. The van der Waals surface area contributed by atoms with E-state index in [0.717, 1.165) is 44.0 Å². The zero-order valence-electron chi connectivity index (χ0n) is 18.3. The SMILES string of the molecule is CCNC[C@@H]1CC(=O)N(c2cccc(O[C@@H](CCNC)c3cccs3)c2)CCN1C. The Labute approximate surface area is 184 Å². The lowest BCUT2D eigenvalue weighted by atomic mass is 10.1. The van der Waals surface area contributed by atoms with Gasteiger partial charge in [-0.25, -0.2) is 0 Å². The van der Waals surface area contributed by atoms with E-state index in [4.69, 9.17) is 4.74 Å². The number of carbonyl (C=O) groups excluding carboxylic acids is 1. The van der Waals surface area contributed by atoms with Crippen LogP contribution in [0.5, 0.6) is 5.75 Å². The van der Waals surface area contributed by atoms with E-state index in [0.29, 0.717) is 13.0 Å². The molecule has 7 heteroatoms. The van der Waals surface area contributed by atoms with Crippen molar-refractivity contribution in [3.05, 3.63) is 46.7 Å². The van der Waals surface area contributed by atoms with E-state index in [-0.39, 0.29) is 18.1 Å². The minimum absolute atomic E-state index is 0.00293. The lowest BCUT2D eigenvalue weighted by Crippen LogP contribution is -2.40. The first kappa shape index (κ1) is 22.7. The average Bonchev–Trinajstić information content (AvgIpc) is 3.24. The van der Waals surface area contributed by atoms with Crippen molar-refractivity contribution in [2.75, 3.05) is 51.7 Å². The highest BCUT2D eigenvalue weighted by Gasteiger charge is 2.27. The molecule has 0 saturated carbocycles. The molecule has 1 fully saturated rings. The Morgan fingerprint density at radius 2 is 2.13 bits per heavy atom. The highest BCUT2D eigenvalue weighted by atomic mass is 32.1. The van der Waals surface area contributed by atoms with Gasteiger partial charge in [0.1, 0.15) is 11.9 Å². The summed E-state index contributed by atoms with van der Waals surface area (Å²) in [6.45, 7) is 6.27. The number of carbonyl (C=O) groups is 1. The third-order valence-corrected chi connectivity index (χ3v) is 6.53. The predicted octanol–water partition coefficient (Wildman–Crippen LogP) is 3.12. The van der Waals surface area contributed by atoms with E-state index >= 15 is 0 Å². The number of nitrogens with one attached hydrogen (secondary N) is 2. The van der Waals surface area contributed by atoms with Crippen LogP contribution in [0.25, 0.3) is 0 Å². The van der Waals surface area contributed by atoms with Crippen molar-refractivity contribution < 1.29 is 9.53 Å². The van der Waals surface area contributed by atoms with Crippen LogP contribution in [0, 0.1) is 0 Å². The zero-order chi connectivity index (χ0) is 21.3. The van der Waals surface area contributed by atoms with Crippen molar-refractivity contribution in [1.82, 2.24) is 15.5 Å². The third-order valence-electron chi connectivity index (χ3n) is 5.57. The topological polar surface area (TPSA) is 56.8 Å². The fourth-order valence-electron chi connectivity index (χ4n) is 3.74. The maximum atomic E-state index is 13.0. The molecular formula is C23H34N4O2S. The number of hydrogen-bond acceptors (Lipinski definition) is 6. The molecule has 1 aliphatic rings. The van der Waals surface area contributed by atoms with Crippen LogP contribution < -0.4 is 20.3 Å². The highest BCUT2D eigenvalue weighted by molar-refractivity contribution is 7.10. The summed E-state index contributed by atoms with van der Waals surface area (Å²) in [6.07, 6.45) is 1.41. The molecule has 1 aromatic heterocycles. The number of hydrogen-bond donors (Lipinski definition) is 2. The van der Waals surface area contributed by atoms with Crippen LogP contribution in [0.3, 0.4) is 0 Å². The summed E-state index contributed by atoms with van der Waals surface area (Å²) in [7, 11) is 4.06. The molecule has 0 radical (unpaired) electrons. The van der Waals surface area contributed by atoms with Crippen LogP contribution in [-0.2, 0) is 4.79 Å². The van der Waals surface area contributed by atoms with Crippen LogP contribution in [0.4, 0.5) is 5.69 Å². The van der Waals surface area contributed by atoms with E-state index in [1.807, 2.05) is 36.2 Å². The summed E-state index contributed by atoms with van der Waals surface area (Å²) >= 11 is 1.71. The molecule has 2 heterocycles. The maximum absolute atomic E-state index is 13.0. The molecule has 2 aromatic rings. The minimum atomic E-state index is 0.00293. The molecule has 0 bridgehead atoms. The fourth-order valence-corrected chi connectivity index (χ4v) is 4.53. The molecule has 0 spiro atoms. The molecule has 1 saturated heterocycles. The van der Waals surface area contributed by atoms with Gasteiger partial charge in [0.05, 0.1) is 0 Å². The highest BCUT2D eigenvalue weighted by Crippen LogP contribution is 2.30. The second-order valence-corrected chi connectivity index (χ2v) is 8.68. The van der Waals surface area contributed by atoms with Crippen molar-refractivity contribution in [2.24, 2.45) is 0 Å². The molecule has 0 aliphatic carbocycles. The van der Waals surface area contributed by atoms with Gasteiger partial charge in [0.15, 0.2) is 0 Å². The maximum Gasteiger partial charge on any atom is 0.228 e. The van der Waals surface area contributed by atoms with Crippen molar-refractivity contribution in [1.29, 1.82) is 0 Å². The molecule has 164 valence electrons. The summed E-state index contributed by atoms with van der Waals surface area (Å²) < 4.78 is 6.37. The van der Waals surface area contributed by atoms with Gasteiger partial charge in [0.25, 0.3) is 0 Å². The van der Waals surface area contributed by atoms with E-state index in [9.17, 15) is 4.79 Å². The van der Waals surface area contributed by atoms with E-state index in [1.165, 1.54) is 4.88 Å². The summed E-state index contributed by atoms with van der Waals surface area (Å²) in [6, 6.07) is 12.4. The zero-order valence-corrected chi connectivity index (χ0v) is 19.1. The number of likely N-dealkylation sites (N-methyl/N-ethyl adjacent to an activating group) is 2. The largest absolute Gasteiger partial charge is 0.485 e. The number of nitrogens with zero attached hydrogens (tertiary/aromatic N) is 2. The van der Waals surface area contributed by atoms with Crippen LogP contribution >= 0.6 is 11.3 Å². The molecule has 2 atom stereocenters. The van der Waals surface area contributed by atoms with Crippen molar-refractivity contribution in [3.8, 4) is 5.75 Å². The number of ether oxygens (including phenoxy) is 1. The van der Waals surface area contributed by atoms with E-state index < -0.39 is 0 Å². The van der Waals surface area contributed by atoms with Crippen LogP contribution in [0.15, 0.2) is 41.8 Å². The van der Waals surface area contributed by atoms with Crippen molar-refractivity contribution >= 4 is 22.9 Å². The molecule has 2 N–H and O–H groups in total. The molecule has 1 aromatic carbocycles. The number of thiophene rings is 1. The first-order valence-corrected chi connectivity index (χ1v) is 11.7. The fraction of sp³-hybridized carbons (Fsp3) is 0.522. The molecule has 6 nitrogen and oxygen atoms in total. The molecule has 30 heavy (non-hydrogen) atoms. The summed E-state index contributed by atoms with van der Waals surface area (Å²) in [4.78, 5) is 18.4. The number of rotatable bonds is 10. The Morgan fingerprint density at radius 3 is 2.87 bits per heavy atom. The lowest BCUT2D eigenvalue weighted by Gasteiger charge is -2.24. The van der Waals surface area contributed by atoms with Gasteiger partial charge in [-0.1, -0.05) is 19.1 Å². The van der Waals surface area contributed by atoms with E-state index in [2.05, 4.69) is 47.0 Å². The van der Waals surface area contributed by atoms with Gasteiger partial charge in [0.2, 0.25) is 5.91 Å². The third kappa shape index (κ3) is 6.04. The average molecular weight is 431 g/mol. The van der Waals surface area contributed by atoms with Crippen LogP contribution in [0.1, 0.15) is 30.7 Å². The van der Waals surface area contributed by atoms with Gasteiger partial charge in [-0.2, -0.15) is 0 Å². The first-order chi connectivity index (χ1) is 14.6. The van der Waals surface area contributed by atoms with Gasteiger partial charge >= 0.3 is 0 Å². The molecule has 1 amide bonds. The van der Waals surface area contributed by atoms with Gasteiger partial charge in [-0.15, -0.1) is 11.3 Å². The van der Waals surface area contributed by atoms with Crippen molar-refractivity contribution in [3.63, 3.8) is 0 Å². The predicted molar refractivity (Wildman–Crippen MR) is 125 cm³/mol. The minimum Gasteiger partial charge on any atom is -0.485 e. The first-order valence-electron chi connectivity index (χ1n) is 10.8. The summed E-state index contributed by atoms with van der Waals surface area (Å²) in [5.74, 6) is 0.973. The second-order valence-electron chi connectivity index (χ2n) is 7.70. The summed E-state index contributed by atoms with van der Waals surface area (Å²) in [5.41, 5.74) is 0.911. The van der Waals surface area contributed by atoms with E-state index in [1.54, 1.807) is 11.3 Å². The Bertz CT molecular complexity index is 783. The Hall–Kier alpha value is -1.93. The summed E-state index contributed by atoms with van der Waals surface area (Å²) in [5, 5.41) is 8.66. The Kier molecular flexibility index (Phi) is 8.69. The molecule has 0 unspecified atom stereocenters. The smallest absolute Gasteiger partial charge is 0.228 e. The normalized spacial score (nSPS) is 19.0. The molecule has 1 aliphatic heterocycles. The van der Waals surface area contributed by atoms with Crippen molar-refractivity contribution in [2.45, 2.75) is 31.9 Å². The molecule has 3 rings (SSSR count). The molecular weight excluding hydrogens is 396 g/mol. The van der Waals surface area contributed by atoms with Gasteiger partial charge in [-0.3, -0.25) is 9.69 Å². The number of anilines is 1. The Balaban J connectivity index is 1.73. The quantitative estimate of drug-likeness (QED) is 0.607. The second kappa shape index (κ2) is 11.5. The van der Waals surface area contributed by atoms with Gasteiger partial charge in [-0.05, 0) is 50.8 Å². The lowest BCUT2D eigenvalue weighted by molar-refractivity contribution is -0.119. The van der Waals surface area contributed by atoms with Crippen LogP contribution in [-0.4, -0.2) is 63.7 Å². The van der Waals surface area contributed by atoms with Gasteiger partial charge in [0, 0.05) is 55.1 Å². The Morgan fingerprint density at radius 1 is 1.27 bits per heavy atom. The van der Waals surface area contributed by atoms with Crippen LogP contribution in [0.2, 0.25) is 0 Å². The number of amides is 1. The standard InChI is InChI=1S/C23H34N4O2S/c1-4-25-17-19-16-23(28)27(13-12-26(19)3)18-7-5-8-20(15-18)29-21(10-11-24-2)22-9-6-14-30-22/h5-9,14-15,19,21,24-25H,4,10-13,16-17H2,1-3H3/t19-,21-/m0/s1. The monoisotopic (exact) mass is 430 g/mol.